The number of guanidine groups is 2. The van der Waals surface area contributed by atoms with Crippen molar-refractivity contribution in [3.8, 4) is 0 Å². The molecule has 0 aliphatic rings. The van der Waals surface area contributed by atoms with Gasteiger partial charge < -0.3 is 16.4 Å². The van der Waals surface area contributed by atoms with Gasteiger partial charge in [-0.25, -0.2) is 0 Å². The average molecular weight is 382 g/mol. The lowest BCUT2D eigenvalue weighted by molar-refractivity contribution is 0.799. The molecule has 0 saturated heterocycles. The summed E-state index contributed by atoms with van der Waals surface area (Å²) in [5, 5.41) is 7.87. The zero-order valence-electron chi connectivity index (χ0n) is 10.2. The van der Waals surface area contributed by atoms with E-state index in [9.17, 15) is 0 Å². The summed E-state index contributed by atoms with van der Waals surface area (Å²) in [6.07, 6.45) is 0. The highest BCUT2D eigenvalue weighted by atomic mass is 127. The molecule has 0 amide bonds. The maximum absolute atomic E-state index is 7.87. The number of nitrogens with zero attached hydrogens (tertiary/aromatic N) is 2. The molecule has 0 aliphatic heterocycles. The molecule has 0 atom stereocenters. The second kappa shape index (κ2) is 7.42. The Balaban J connectivity index is 0.00000289. The minimum absolute atomic E-state index is 0. The van der Waals surface area contributed by atoms with Gasteiger partial charge in [-0.2, -0.15) is 4.99 Å². The molecule has 0 unspecified atom stereocenters. The number of rotatable bonds is 2. The Kier molecular flexibility index (Phi) is 7.00. The molecule has 5 N–H and O–H groups in total. The summed E-state index contributed by atoms with van der Waals surface area (Å²) in [6.45, 7) is 3.96. The van der Waals surface area contributed by atoms with Crippen LogP contribution in [0.5, 0.6) is 0 Å². The zero-order valence-corrected chi connectivity index (χ0v) is 13.2. The smallest absolute Gasteiger partial charge is 0.225 e. The van der Waals surface area contributed by atoms with E-state index in [0.29, 0.717) is 0 Å². The summed E-state index contributed by atoms with van der Waals surface area (Å²) in [5.41, 5.74) is 11.5. The van der Waals surface area contributed by atoms with Gasteiger partial charge in [0.2, 0.25) is 5.96 Å². The van der Waals surface area contributed by atoms with Crippen LogP contribution in [-0.4, -0.2) is 18.0 Å². The van der Waals surface area contributed by atoms with Gasteiger partial charge in [0, 0.05) is 15.3 Å². The number of benzene rings is 1. The molecule has 1 aromatic carbocycles. The molecule has 7 heteroatoms. The van der Waals surface area contributed by atoms with Gasteiger partial charge in [-0.3, -0.25) is 5.41 Å². The second-order valence-corrected chi connectivity index (χ2v) is 5.05. The normalized spacial score (nSPS) is 9.56. The van der Waals surface area contributed by atoms with Crippen molar-refractivity contribution in [2.75, 3.05) is 4.90 Å². The molecule has 100 valence electrons. The van der Waals surface area contributed by atoms with Crippen molar-refractivity contribution in [1.82, 2.24) is 0 Å². The van der Waals surface area contributed by atoms with Gasteiger partial charge in [0.1, 0.15) is 0 Å². The Hall–Kier alpha value is -1.02. The van der Waals surface area contributed by atoms with E-state index in [2.05, 4.69) is 27.6 Å². The lowest BCUT2D eigenvalue weighted by Crippen LogP contribution is -2.37. The van der Waals surface area contributed by atoms with Crippen LogP contribution in [0.15, 0.2) is 29.3 Å². The zero-order chi connectivity index (χ0) is 13.0. The van der Waals surface area contributed by atoms with Crippen LogP contribution in [0.1, 0.15) is 13.8 Å². The highest BCUT2D eigenvalue weighted by Gasteiger charge is 2.15. The molecule has 0 heterocycles. The first-order valence-corrected chi connectivity index (χ1v) is 6.22. The van der Waals surface area contributed by atoms with Crippen LogP contribution in [0.2, 0.25) is 0 Å². The number of aliphatic imine (C=N–C) groups is 1. The summed E-state index contributed by atoms with van der Waals surface area (Å²) in [5.74, 6) is -0.0626. The molecule has 0 bridgehead atoms. The van der Waals surface area contributed by atoms with E-state index in [1.165, 1.54) is 0 Å². The van der Waals surface area contributed by atoms with Gasteiger partial charge in [-0.15, -0.1) is 12.4 Å². The topological polar surface area (TPSA) is 91.5 Å². The first-order chi connectivity index (χ1) is 7.91. The highest BCUT2D eigenvalue weighted by Crippen LogP contribution is 2.19. The predicted octanol–water partition coefficient (Wildman–Crippen LogP) is 2.14. The molecule has 0 aliphatic carbocycles. The van der Waals surface area contributed by atoms with E-state index in [1.807, 2.05) is 38.1 Å². The lowest BCUT2D eigenvalue weighted by Gasteiger charge is -2.26. The third-order valence-electron chi connectivity index (χ3n) is 2.08. The molecule has 0 saturated carbocycles. The molecule has 18 heavy (non-hydrogen) atoms. The average Bonchev–Trinajstić information content (AvgIpc) is 2.19. The molecular weight excluding hydrogens is 365 g/mol. The van der Waals surface area contributed by atoms with Crippen LogP contribution in [0.25, 0.3) is 0 Å². The van der Waals surface area contributed by atoms with E-state index in [1.54, 1.807) is 4.90 Å². The Labute approximate surface area is 127 Å². The summed E-state index contributed by atoms with van der Waals surface area (Å²) in [7, 11) is 0. The number of hydrogen-bond donors (Lipinski definition) is 3. The second-order valence-electron chi connectivity index (χ2n) is 3.80. The Bertz CT molecular complexity index is 426. The van der Waals surface area contributed by atoms with Crippen LogP contribution < -0.4 is 16.4 Å². The van der Waals surface area contributed by atoms with Crippen LogP contribution in [0.3, 0.4) is 0 Å². The molecule has 0 spiro atoms. The molecular formula is C11H17ClIN5. The van der Waals surface area contributed by atoms with Gasteiger partial charge in [-0.1, -0.05) is 0 Å². The van der Waals surface area contributed by atoms with E-state index < -0.39 is 0 Å². The van der Waals surface area contributed by atoms with Crippen LogP contribution >= 0.6 is 35.0 Å². The Morgan fingerprint density at radius 2 is 1.78 bits per heavy atom. The fourth-order valence-corrected chi connectivity index (χ4v) is 1.80. The molecule has 0 radical (unpaired) electrons. The maximum atomic E-state index is 7.87. The molecule has 5 nitrogen and oxygen atoms in total. The monoisotopic (exact) mass is 381 g/mol. The fourth-order valence-electron chi connectivity index (χ4n) is 1.44. The number of nitrogens with two attached hydrogens (primary N) is 2. The summed E-state index contributed by atoms with van der Waals surface area (Å²) in [4.78, 5) is 5.54. The van der Waals surface area contributed by atoms with Crippen molar-refractivity contribution in [3.63, 3.8) is 0 Å². The number of nitrogens with one attached hydrogen (secondary N) is 1. The van der Waals surface area contributed by atoms with Gasteiger partial charge in [0.05, 0.1) is 0 Å². The molecule has 0 fully saturated rings. The third kappa shape index (κ3) is 4.69. The van der Waals surface area contributed by atoms with Gasteiger partial charge >= 0.3 is 0 Å². The van der Waals surface area contributed by atoms with Crippen molar-refractivity contribution >= 4 is 52.6 Å². The first kappa shape index (κ1) is 17.0. The fraction of sp³-hybridized carbons (Fsp3) is 0.273. The van der Waals surface area contributed by atoms with Crippen LogP contribution in [-0.2, 0) is 0 Å². The lowest BCUT2D eigenvalue weighted by atomic mass is 10.2. The summed E-state index contributed by atoms with van der Waals surface area (Å²) >= 11 is 2.23. The minimum atomic E-state index is -0.105. The minimum Gasteiger partial charge on any atom is -0.370 e. The third-order valence-corrected chi connectivity index (χ3v) is 2.80. The van der Waals surface area contributed by atoms with Crippen molar-refractivity contribution < 1.29 is 0 Å². The maximum Gasteiger partial charge on any atom is 0.225 e. The van der Waals surface area contributed by atoms with Crippen molar-refractivity contribution in [2.45, 2.75) is 19.9 Å². The Morgan fingerprint density at radius 1 is 1.28 bits per heavy atom. The Morgan fingerprint density at radius 3 is 2.17 bits per heavy atom. The quantitative estimate of drug-likeness (QED) is 0.416. The molecule has 1 rings (SSSR count). The van der Waals surface area contributed by atoms with E-state index in [4.69, 9.17) is 16.9 Å². The van der Waals surface area contributed by atoms with Gasteiger partial charge in [-0.05, 0) is 60.7 Å². The van der Waals surface area contributed by atoms with E-state index in [0.717, 1.165) is 9.26 Å². The van der Waals surface area contributed by atoms with Crippen LogP contribution in [0, 0.1) is 8.98 Å². The van der Waals surface area contributed by atoms with Crippen molar-refractivity contribution in [3.05, 3.63) is 27.8 Å². The van der Waals surface area contributed by atoms with E-state index in [-0.39, 0.29) is 30.4 Å². The highest BCUT2D eigenvalue weighted by molar-refractivity contribution is 14.1. The summed E-state index contributed by atoms with van der Waals surface area (Å²) in [6, 6.07) is 7.95. The largest absolute Gasteiger partial charge is 0.370 e. The SMILES string of the molecule is CC(C)N(C(=N)N=C(N)N)c1ccc(I)cc1.Cl. The molecule has 0 aromatic heterocycles. The number of halogens is 2. The predicted molar refractivity (Wildman–Crippen MR) is 87.6 cm³/mol. The number of anilines is 1. The molecule has 1 aromatic rings. The van der Waals surface area contributed by atoms with Gasteiger partial charge in [0.15, 0.2) is 5.96 Å². The number of hydrogen-bond acceptors (Lipinski definition) is 1. The van der Waals surface area contributed by atoms with Gasteiger partial charge in [0.25, 0.3) is 0 Å². The first-order valence-electron chi connectivity index (χ1n) is 5.15. The van der Waals surface area contributed by atoms with Crippen molar-refractivity contribution in [1.29, 1.82) is 5.41 Å². The van der Waals surface area contributed by atoms with Crippen molar-refractivity contribution in [2.24, 2.45) is 16.5 Å². The van der Waals surface area contributed by atoms with Crippen LogP contribution in [0.4, 0.5) is 5.69 Å². The summed E-state index contributed by atoms with van der Waals surface area (Å²) < 4.78 is 1.14. The standard InChI is InChI=1S/C11H16IN5.ClH/c1-7(2)17(11(15)16-10(13)14)9-5-3-8(12)4-6-9;/h3-7H,1-2H3,(H5,13,14,15,16);1H. The van der Waals surface area contributed by atoms with E-state index >= 15 is 0 Å².